The largest absolute Gasteiger partial charge is 0.497 e. The summed E-state index contributed by atoms with van der Waals surface area (Å²) in [4.78, 5) is 28.7. The summed E-state index contributed by atoms with van der Waals surface area (Å²) in [6.45, 7) is 7.29. The van der Waals surface area contributed by atoms with Crippen molar-refractivity contribution in [2.75, 3.05) is 43.5 Å². The highest BCUT2D eigenvalue weighted by atomic mass is 16.5. The molecule has 0 aliphatic carbocycles. The minimum absolute atomic E-state index is 0.180. The maximum absolute atomic E-state index is 12.2. The Balaban J connectivity index is 1.49. The van der Waals surface area contributed by atoms with E-state index in [-0.39, 0.29) is 11.8 Å². The fourth-order valence-electron chi connectivity index (χ4n) is 3.52. The van der Waals surface area contributed by atoms with Crippen molar-refractivity contribution < 1.29 is 14.3 Å². The van der Waals surface area contributed by atoms with Gasteiger partial charge in [-0.05, 0) is 54.0 Å². The van der Waals surface area contributed by atoms with Gasteiger partial charge in [0.25, 0.3) is 0 Å². The first-order chi connectivity index (χ1) is 14.9. The van der Waals surface area contributed by atoms with Crippen molar-refractivity contribution in [2.45, 2.75) is 20.3 Å². The fourth-order valence-corrected chi connectivity index (χ4v) is 3.52. The Morgan fingerprint density at radius 3 is 2.23 bits per heavy atom. The van der Waals surface area contributed by atoms with Crippen molar-refractivity contribution in [1.29, 1.82) is 0 Å². The zero-order valence-electron chi connectivity index (χ0n) is 18.5. The molecule has 2 aromatic rings. The molecule has 0 spiro atoms. The van der Waals surface area contributed by atoms with E-state index in [1.54, 1.807) is 13.2 Å². The Hall–Kier alpha value is -3.28. The van der Waals surface area contributed by atoms with Crippen molar-refractivity contribution in [3.63, 3.8) is 0 Å². The maximum atomic E-state index is 12.2. The second-order valence-electron chi connectivity index (χ2n) is 8.11. The molecular weight excluding hydrogens is 390 g/mol. The number of piperazine rings is 1. The van der Waals surface area contributed by atoms with E-state index in [0.29, 0.717) is 12.3 Å². The Labute approximate surface area is 184 Å². The van der Waals surface area contributed by atoms with Crippen LogP contribution in [0, 0.1) is 5.92 Å². The second kappa shape index (κ2) is 10.7. The quantitative estimate of drug-likeness (QED) is 0.686. The van der Waals surface area contributed by atoms with Crippen molar-refractivity contribution in [3.05, 3.63) is 60.2 Å². The Kier molecular flexibility index (Phi) is 7.70. The van der Waals surface area contributed by atoms with E-state index in [4.69, 9.17) is 4.74 Å². The monoisotopic (exact) mass is 421 g/mol. The molecule has 0 bridgehead atoms. The van der Waals surface area contributed by atoms with E-state index in [9.17, 15) is 9.59 Å². The normalized spacial score (nSPS) is 14.2. The van der Waals surface area contributed by atoms with Gasteiger partial charge in [-0.3, -0.25) is 9.59 Å². The lowest BCUT2D eigenvalue weighted by molar-refractivity contribution is -0.132. The van der Waals surface area contributed by atoms with E-state index >= 15 is 0 Å². The SMILES string of the molecule is COc1ccc(/C=C/C(=O)Nc2ccc(N3CCN(C(=O)CC(C)C)CC3)cc2)cc1. The van der Waals surface area contributed by atoms with Crippen molar-refractivity contribution in [3.8, 4) is 5.75 Å². The summed E-state index contributed by atoms with van der Waals surface area (Å²) in [6, 6.07) is 15.3. The van der Waals surface area contributed by atoms with Crippen LogP contribution in [0.4, 0.5) is 11.4 Å². The number of nitrogens with zero attached hydrogens (tertiary/aromatic N) is 2. The molecule has 2 amide bonds. The lowest BCUT2D eigenvalue weighted by Gasteiger charge is -2.36. The number of anilines is 2. The first-order valence-electron chi connectivity index (χ1n) is 10.7. The Morgan fingerprint density at radius 2 is 1.65 bits per heavy atom. The van der Waals surface area contributed by atoms with E-state index in [1.807, 2.05) is 53.4 Å². The predicted molar refractivity (Wildman–Crippen MR) is 125 cm³/mol. The molecule has 1 aliphatic heterocycles. The molecule has 0 unspecified atom stereocenters. The molecule has 6 nitrogen and oxygen atoms in total. The van der Waals surface area contributed by atoms with Crippen LogP contribution in [-0.4, -0.2) is 50.0 Å². The summed E-state index contributed by atoms with van der Waals surface area (Å²) >= 11 is 0. The summed E-state index contributed by atoms with van der Waals surface area (Å²) in [5, 5.41) is 2.88. The first kappa shape index (κ1) is 22.4. The highest BCUT2D eigenvalue weighted by Gasteiger charge is 2.21. The third-order valence-corrected chi connectivity index (χ3v) is 5.26. The lowest BCUT2D eigenvalue weighted by Crippen LogP contribution is -2.49. The molecule has 6 heteroatoms. The van der Waals surface area contributed by atoms with Gasteiger partial charge in [-0.25, -0.2) is 0 Å². The van der Waals surface area contributed by atoms with Crippen LogP contribution >= 0.6 is 0 Å². The Morgan fingerprint density at radius 1 is 1.00 bits per heavy atom. The van der Waals surface area contributed by atoms with Crippen LogP contribution in [0.2, 0.25) is 0 Å². The highest BCUT2D eigenvalue weighted by Crippen LogP contribution is 2.20. The fraction of sp³-hybridized carbons (Fsp3) is 0.360. The summed E-state index contributed by atoms with van der Waals surface area (Å²) in [5.41, 5.74) is 2.78. The topological polar surface area (TPSA) is 61.9 Å². The number of carbonyl (C=O) groups is 2. The molecule has 1 aliphatic rings. The number of methoxy groups -OCH3 is 1. The molecule has 2 aromatic carbocycles. The van der Waals surface area contributed by atoms with Gasteiger partial charge in [0.15, 0.2) is 0 Å². The predicted octanol–water partition coefficient (Wildman–Crippen LogP) is 4.04. The van der Waals surface area contributed by atoms with Crippen molar-refractivity contribution in [1.82, 2.24) is 4.90 Å². The highest BCUT2D eigenvalue weighted by molar-refractivity contribution is 6.02. The minimum Gasteiger partial charge on any atom is -0.497 e. The van der Waals surface area contributed by atoms with Crippen LogP contribution in [-0.2, 0) is 9.59 Å². The van der Waals surface area contributed by atoms with E-state index in [2.05, 4.69) is 24.1 Å². The summed E-state index contributed by atoms with van der Waals surface area (Å²) in [6.07, 6.45) is 3.90. The lowest BCUT2D eigenvalue weighted by atomic mass is 10.1. The zero-order valence-corrected chi connectivity index (χ0v) is 18.5. The number of nitrogens with one attached hydrogen (secondary N) is 1. The molecule has 0 atom stereocenters. The van der Waals surface area contributed by atoms with E-state index < -0.39 is 0 Å². The maximum Gasteiger partial charge on any atom is 0.248 e. The van der Waals surface area contributed by atoms with Gasteiger partial charge in [0, 0.05) is 50.1 Å². The average molecular weight is 422 g/mol. The molecule has 164 valence electrons. The van der Waals surface area contributed by atoms with Crippen LogP contribution < -0.4 is 15.0 Å². The molecule has 0 radical (unpaired) electrons. The Bertz CT molecular complexity index is 897. The molecule has 1 fully saturated rings. The van der Waals surface area contributed by atoms with Crippen molar-refractivity contribution in [2.24, 2.45) is 5.92 Å². The number of rotatable bonds is 7. The van der Waals surface area contributed by atoms with Gasteiger partial charge in [0.05, 0.1) is 7.11 Å². The number of benzene rings is 2. The summed E-state index contributed by atoms with van der Waals surface area (Å²) in [5.74, 6) is 1.24. The average Bonchev–Trinajstić information content (AvgIpc) is 2.78. The number of hydrogen-bond acceptors (Lipinski definition) is 4. The van der Waals surface area contributed by atoms with Crippen LogP contribution in [0.15, 0.2) is 54.6 Å². The molecule has 0 saturated carbocycles. The van der Waals surface area contributed by atoms with Gasteiger partial charge in [-0.2, -0.15) is 0 Å². The number of amides is 2. The number of carbonyl (C=O) groups excluding carboxylic acids is 2. The molecular formula is C25H31N3O3. The summed E-state index contributed by atoms with van der Waals surface area (Å²) in [7, 11) is 1.62. The van der Waals surface area contributed by atoms with E-state index in [1.165, 1.54) is 6.08 Å². The van der Waals surface area contributed by atoms with Crippen LogP contribution in [0.5, 0.6) is 5.75 Å². The van der Waals surface area contributed by atoms with Crippen molar-refractivity contribution >= 4 is 29.3 Å². The smallest absolute Gasteiger partial charge is 0.248 e. The standard InChI is InChI=1S/C25H31N3O3/c1-19(2)18-25(30)28-16-14-27(15-17-28)22-9-7-21(8-10-22)26-24(29)13-6-20-4-11-23(31-3)12-5-20/h4-13,19H,14-18H2,1-3H3,(H,26,29)/b13-6+. The zero-order chi connectivity index (χ0) is 22.2. The number of hydrogen-bond donors (Lipinski definition) is 1. The van der Waals surface area contributed by atoms with E-state index in [0.717, 1.165) is 48.9 Å². The second-order valence-corrected chi connectivity index (χ2v) is 8.11. The van der Waals surface area contributed by atoms with Crippen LogP contribution in [0.25, 0.3) is 6.08 Å². The third kappa shape index (κ3) is 6.60. The van der Waals surface area contributed by atoms with Crippen LogP contribution in [0.3, 0.4) is 0 Å². The minimum atomic E-state index is -0.180. The third-order valence-electron chi connectivity index (χ3n) is 5.26. The molecule has 3 rings (SSSR count). The van der Waals surface area contributed by atoms with Gasteiger partial charge >= 0.3 is 0 Å². The molecule has 0 aromatic heterocycles. The van der Waals surface area contributed by atoms with Gasteiger partial charge < -0.3 is 19.9 Å². The van der Waals surface area contributed by atoms with Gasteiger partial charge in [0.2, 0.25) is 11.8 Å². The molecule has 1 saturated heterocycles. The molecule has 1 N–H and O–H groups in total. The van der Waals surface area contributed by atoms with Gasteiger partial charge in [0.1, 0.15) is 5.75 Å². The van der Waals surface area contributed by atoms with Crippen LogP contribution in [0.1, 0.15) is 25.8 Å². The first-order valence-corrected chi connectivity index (χ1v) is 10.7. The number of ether oxygens (including phenoxy) is 1. The van der Waals surface area contributed by atoms with Gasteiger partial charge in [-0.15, -0.1) is 0 Å². The van der Waals surface area contributed by atoms with Gasteiger partial charge in [-0.1, -0.05) is 26.0 Å². The summed E-state index contributed by atoms with van der Waals surface area (Å²) < 4.78 is 5.13. The molecule has 31 heavy (non-hydrogen) atoms. The molecule has 1 heterocycles.